The molecule has 0 radical (unpaired) electrons. The molecule has 2 aromatic rings. The van der Waals surface area contributed by atoms with Crippen LogP contribution in [0.1, 0.15) is 15.9 Å². The van der Waals surface area contributed by atoms with Crippen molar-refractivity contribution < 1.29 is 14.3 Å². The monoisotopic (exact) mass is 296 g/mol. The second-order valence-electron chi connectivity index (χ2n) is 4.52. The molecule has 1 amide bonds. The van der Waals surface area contributed by atoms with Crippen LogP contribution in [-0.4, -0.2) is 20.1 Å². The van der Waals surface area contributed by atoms with Crippen LogP contribution in [0.5, 0.6) is 11.5 Å². The van der Waals surface area contributed by atoms with Gasteiger partial charge >= 0.3 is 0 Å². The predicted molar refractivity (Wildman–Crippen MR) is 83.3 cm³/mol. The van der Waals surface area contributed by atoms with Crippen molar-refractivity contribution in [2.45, 2.75) is 6.42 Å². The highest BCUT2D eigenvalue weighted by atomic mass is 16.5. The van der Waals surface area contributed by atoms with Gasteiger partial charge in [0.05, 0.1) is 26.7 Å². The molecule has 2 aromatic carbocycles. The van der Waals surface area contributed by atoms with Crippen molar-refractivity contribution in [3.05, 3.63) is 53.6 Å². The lowest BCUT2D eigenvalue weighted by atomic mass is 10.1. The smallest absolute Gasteiger partial charge is 0.255 e. The van der Waals surface area contributed by atoms with E-state index in [-0.39, 0.29) is 12.3 Å². The fraction of sp³-hybridized carbons (Fsp3) is 0.176. The maximum Gasteiger partial charge on any atom is 0.255 e. The molecular weight excluding hydrogens is 280 g/mol. The fourth-order valence-electron chi connectivity index (χ4n) is 2.05. The van der Waals surface area contributed by atoms with Gasteiger partial charge in [-0.05, 0) is 23.8 Å². The van der Waals surface area contributed by atoms with Gasteiger partial charge in [-0.2, -0.15) is 5.26 Å². The van der Waals surface area contributed by atoms with E-state index < -0.39 is 0 Å². The fourth-order valence-corrected chi connectivity index (χ4v) is 2.05. The number of rotatable bonds is 5. The average Bonchev–Trinajstić information content (AvgIpc) is 2.56. The van der Waals surface area contributed by atoms with Crippen LogP contribution < -0.4 is 14.8 Å². The molecule has 0 aromatic heterocycles. The van der Waals surface area contributed by atoms with Crippen LogP contribution in [0.15, 0.2) is 42.5 Å². The first-order chi connectivity index (χ1) is 10.7. The summed E-state index contributed by atoms with van der Waals surface area (Å²) >= 11 is 0. The first-order valence-electron chi connectivity index (χ1n) is 6.67. The minimum absolute atomic E-state index is 0.157. The van der Waals surface area contributed by atoms with E-state index in [4.69, 9.17) is 14.7 Å². The molecule has 0 saturated carbocycles. The molecule has 0 heterocycles. The summed E-state index contributed by atoms with van der Waals surface area (Å²) in [6.07, 6.45) is 0.157. The molecule has 2 rings (SSSR count). The van der Waals surface area contributed by atoms with E-state index in [0.717, 1.165) is 0 Å². The Morgan fingerprint density at radius 3 is 2.36 bits per heavy atom. The Balaban J connectivity index is 2.36. The topological polar surface area (TPSA) is 71.3 Å². The molecule has 5 nitrogen and oxygen atoms in total. The molecule has 22 heavy (non-hydrogen) atoms. The van der Waals surface area contributed by atoms with Crippen LogP contribution in [0, 0.1) is 11.3 Å². The van der Waals surface area contributed by atoms with Crippen molar-refractivity contribution in [1.82, 2.24) is 0 Å². The second kappa shape index (κ2) is 7.14. The number of nitrogens with one attached hydrogen (secondary N) is 1. The van der Waals surface area contributed by atoms with Crippen LogP contribution in [-0.2, 0) is 6.42 Å². The lowest BCUT2D eigenvalue weighted by molar-refractivity contribution is 0.102. The number of methoxy groups -OCH3 is 2. The van der Waals surface area contributed by atoms with Crippen molar-refractivity contribution >= 4 is 11.6 Å². The summed E-state index contributed by atoms with van der Waals surface area (Å²) in [5.74, 6) is 0.769. The van der Waals surface area contributed by atoms with Crippen LogP contribution >= 0.6 is 0 Å². The van der Waals surface area contributed by atoms with E-state index in [1.165, 1.54) is 14.2 Å². The van der Waals surface area contributed by atoms with Crippen LogP contribution in [0.2, 0.25) is 0 Å². The van der Waals surface area contributed by atoms with Gasteiger partial charge in [0.1, 0.15) is 0 Å². The predicted octanol–water partition coefficient (Wildman–Crippen LogP) is 3.02. The zero-order valence-electron chi connectivity index (χ0n) is 12.4. The molecule has 1 N–H and O–H groups in total. The third-order valence-corrected chi connectivity index (χ3v) is 3.16. The van der Waals surface area contributed by atoms with Gasteiger partial charge in [-0.3, -0.25) is 4.79 Å². The SMILES string of the molecule is COc1cc(CC#N)c(NC(=O)c2ccccc2)cc1OC. The van der Waals surface area contributed by atoms with E-state index >= 15 is 0 Å². The average molecular weight is 296 g/mol. The summed E-state index contributed by atoms with van der Waals surface area (Å²) in [5.41, 5.74) is 1.75. The lowest BCUT2D eigenvalue weighted by Crippen LogP contribution is -2.13. The van der Waals surface area contributed by atoms with E-state index in [1.807, 2.05) is 6.07 Å². The molecule has 0 aliphatic heterocycles. The van der Waals surface area contributed by atoms with Gasteiger partial charge in [-0.1, -0.05) is 18.2 Å². The quantitative estimate of drug-likeness (QED) is 0.920. The Kier molecular flexibility index (Phi) is 4.99. The summed E-state index contributed by atoms with van der Waals surface area (Å²) in [4.78, 5) is 12.3. The number of ether oxygens (including phenoxy) is 2. The zero-order chi connectivity index (χ0) is 15.9. The van der Waals surface area contributed by atoms with Gasteiger partial charge in [0, 0.05) is 17.3 Å². The van der Waals surface area contributed by atoms with Crippen molar-refractivity contribution in [2.24, 2.45) is 0 Å². The number of nitriles is 1. The van der Waals surface area contributed by atoms with Crippen molar-refractivity contribution in [2.75, 3.05) is 19.5 Å². The molecule has 112 valence electrons. The molecule has 5 heteroatoms. The van der Waals surface area contributed by atoms with E-state index in [0.29, 0.717) is 28.3 Å². The highest BCUT2D eigenvalue weighted by Crippen LogP contribution is 2.33. The second-order valence-corrected chi connectivity index (χ2v) is 4.52. The van der Waals surface area contributed by atoms with Gasteiger partial charge < -0.3 is 14.8 Å². The number of carbonyl (C=O) groups excluding carboxylic acids is 1. The molecule has 0 bridgehead atoms. The van der Waals surface area contributed by atoms with Crippen LogP contribution in [0.4, 0.5) is 5.69 Å². The van der Waals surface area contributed by atoms with Gasteiger partial charge in [-0.25, -0.2) is 0 Å². The standard InChI is InChI=1S/C17H16N2O3/c1-21-15-10-13(8-9-18)14(11-16(15)22-2)19-17(20)12-6-4-3-5-7-12/h3-7,10-11H,8H2,1-2H3,(H,19,20). The minimum Gasteiger partial charge on any atom is -0.493 e. The number of hydrogen-bond donors (Lipinski definition) is 1. The Bertz CT molecular complexity index is 706. The first kappa shape index (κ1) is 15.4. The largest absolute Gasteiger partial charge is 0.493 e. The first-order valence-corrected chi connectivity index (χ1v) is 6.67. The van der Waals surface area contributed by atoms with Gasteiger partial charge in [0.25, 0.3) is 5.91 Å². The van der Waals surface area contributed by atoms with Crippen molar-refractivity contribution in [1.29, 1.82) is 5.26 Å². The van der Waals surface area contributed by atoms with E-state index in [9.17, 15) is 4.79 Å². The zero-order valence-corrected chi connectivity index (χ0v) is 12.4. The summed E-state index contributed by atoms with van der Waals surface area (Å²) in [6.45, 7) is 0. The lowest BCUT2D eigenvalue weighted by Gasteiger charge is -2.14. The molecule has 0 saturated heterocycles. The third-order valence-electron chi connectivity index (χ3n) is 3.16. The maximum absolute atomic E-state index is 12.3. The number of carbonyl (C=O) groups is 1. The van der Waals surface area contributed by atoms with Gasteiger partial charge in [-0.15, -0.1) is 0 Å². The molecule has 0 aliphatic carbocycles. The Hall–Kier alpha value is -3.00. The van der Waals surface area contributed by atoms with Crippen LogP contribution in [0.3, 0.4) is 0 Å². The van der Waals surface area contributed by atoms with Crippen molar-refractivity contribution in [3.8, 4) is 17.6 Å². The molecule has 0 atom stereocenters. The molecule has 0 unspecified atom stereocenters. The Morgan fingerprint density at radius 2 is 1.77 bits per heavy atom. The van der Waals surface area contributed by atoms with Gasteiger partial charge in [0.2, 0.25) is 0 Å². The highest BCUT2D eigenvalue weighted by Gasteiger charge is 2.14. The number of benzene rings is 2. The summed E-state index contributed by atoms with van der Waals surface area (Å²) in [7, 11) is 3.04. The molecule has 0 spiro atoms. The van der Waals surface area contributed by atoms with Crippen molar-refractivity contribution in [3.63, 3.8) is 0 Å². The number of anilines is 1. The van der Waals surface area contributed by atoms with Crippen LogP contribution in [0.25, 0.3) is 0 Å². The summed E-state index contributed by atoms with van der Waals surface area (Å²) in [6, 6.07) is 14.3. The number of amides is 1. The number of nitrogens with zero attached hydrogens (tertiary/aromatic N) is 1. The highest BCUT2D eigenvalue weighted by molar-refractivity contribution is 6.04. The van der Waals surface area contributed by atoms with E-state index in [2.05, 4.69) is 11.4 Å². The van der Waals surface area contributed by atoms with E-state index in [1.54, 1.807) is 36.4 Å². The normalized spacial score (nSPS) is 9.68. The number of hydrogen-bond acceptors (Lipinski definition) is 4. The summed E-state index contributed by atoms with van der Waals surface area (Å²) in [5, 5.41) is 11.8. The van der Waals surface area contributed by atoms with Gasteiger partial charge in [0.15, 0.2) is 11.5 Å². The Labute approximate surface area is 129 Å². The molecule has 0 fully saturated rings. The Morgan fingerprint density at radius 1 is 1.14 bits per heavy atom. The maximum atomic E-state index is 12.3. The summed E-state index contributed by atoms with van der Waals surface area (Å²) < 4.78 is 10.5. The molecule has 0 aliphatic rings. The third kappa shape index (κ3) is 3.36. The minimum atomic E-state index is -0.244. The molecular formula is C17H16N2O3.